The molecule has 7 nitrogen and oxygen atoms in total. The molecule has 0 unspecified atom stereocenters. The van der Waals surface area contributed by atoms with Crippen LogP contribution in [0, 0.1) is 5.92 Å². The Morgan fingerprint density at radius 2 is 1.96 bits per heavy atom. The van der Waals surface area contributed by atoms with Crippen LogP contribution >= 0.6 is 0 Å². The zero-order valence-corrected chi connectivity index (χ0v) is 14.4. The number of hydrogen-bond acceptors (Lipinski definition) is 5. The van der Waals surface area contributed by atoms with Crippen LogP contribution in [0.25, 0.3) is 0 Å². The summed E-state index contributed by atoms with van der Waals surface area (Å²) in [6.45, 7) is 4.87. The second-order valence-electron chi connectivity index (χ2n) is 5.53. The van der Waals surface area contributed by atoms with E-state index in [9.17, 15) is 13.2 Å². The molecule has 0 saturated carbocycles. The fourth-order valence-corrected chi connectivity index (χ4v) is 3.76. The number of nitrogens with one attached hydrogen (secondary N) is 1. The standard InChI is InChI=1S/C15H22N2O5S/c1-11(2)15(18)16-12-4-5-13(21-3)14(10-12)23(19,20)17-6-8-22-9-7-17/h4-5,10-11H,6-9H2,1-3H3,(H,16,18). The highest BCUT2D eigenvalue weighted by molar-refractivity contribution is 7.89. The number of rotatable bonds is 5. The molecule has 1 N–H and O–H groups in total. The molecule has 1 aliphatic rings. The Hall–Kier alpha value is -1.64. The average molecular weight is 342 g/mol. The molecule has 8 heteroatoms. The first-order valence-electron chi connectivity index (χ1n) is 7.43. The van der Waals surface area contributed by atoms with Crippen LogP contribution in [0.1, 0.15) is 13.8 Å². The van der Waals surface area contributed by atoms with Gasteiger partial charge in [-0.25, -0.2) is 8.42 Å². The molecule has 2 rings (SSSR count). The van der Waals surface area contributed by atoms with E-state index in [1.54, 1.807) is 26.0 Å². The van der Waals surface area contributed by atoms with Crippen LogP contribution < -0.4 is 10.1 Å². The molecule has 0 spiro atoms. The number of benzene rings is 1. The van der Waals surface area contributed by atoms with Gasteiger partial charge in [0.05, 0.1) is 20.3 Å². The van der Waals surface area contributed by atoms with Crippen LogP contribution in [0.2, 0.25) is 0 Å². The van der Waals surface area contributed by atoms with E-state index in [0.717, 1.165) is 0 Å². The number of ether oxygens (including phenoxy) is 2. The predicted octanol–water partition coefficient (Wildman–Crippen LogP) is 1.31. The molecule has 1 amide bonds. The van der Waals surface area contributed by atoms with Crippen LogP contribution in [0.15, 0.2) is 23.1 Å². The molecule has 23 heavy (non-hydrogen) atoms. The summed E-state index contributed by atoms with van der Waals surface area (Å²) in [6.07, 6.45) is 0. The highest BCUT2D eigenvalue weighted by Gasteiger charge is 2.29. The molecule has 0 aromatic heterocycles. The van der Waals surface area contributed by atoms with Crippen LogP contribution in [0.3, 0.4) is 0 Å². The van der Waals surface area contributed by atoms with Gasteiger partial charge in [-0.3, -0.25) is 4.79 Å². The second kappa shape index (κ2) is 7.29. The lowest BCUT2D eigenvalue weighted by atomic mass is 10.2. The highest BCUT2D eigenvalue weighted by atomic mass is 32.2. The minimum absolute atomic E-state index is 0.0449. The molecular formula is C15H22N2O5S. The summed E-state index contributed by atoms with van der Waals surface area (Å²) in [5.74, 6) is -0.125. The van der Waals surface area contributed by atoms with Crippen molar-refractivity contribution in [3.8, 4) is 5.75 Å². The molecule has 1 aromatic rings. The number of methoxy groups -OCH3 is 1. The van der Waals surface area contributed by atoms with Gasteiger partial charge in [0.2, 0.25) is 15.9 Å². The van der Waals surface area contributed by atoms with Crippen molar-refractivity contribution in [2.45, 2.75) is 18.7 Å². The molecule has 0 bridgehead atoms. The Labute approximate surface area is 136 Å². The SMILES string of the molecule is COc1ccc(NC(=O)C(C)C)cc1S(=O)(=O)N1CCOCC1. The molecular weight excluding hydrogens is 320 g/mol. The Morgan fingerprint density at radius 3 is 2.52 bits per heavy atom. The molecule has 1 fully saturated rings. The van der Waals surface area contributed by atoms with Crippen molar-refractivity contribution in [1.29, 1.82) is 0 Å². The molecule has 0 radical (unpaired) electrons. The third-order valence-corrected chi connectivity index (χ3v) is 5.46. The summed E-state index contributed by atoms with van der Waals surface area (Å²) in [7, 11) is -2.29. The van der Waals surface area contributed by atoms with Gasteiger partial charge in [0.1, 0.15) is 10.6 Å². The Kier molecular flexibility index (Phi) is 5.61. The predicted molar refractivity (Wildman–Crippen MR) is 86.0 cm³/mol. The first kappa shape index (κ1) is 17.7. The lowest BCUT2D eigenvalue weighted by Crippen LogP contribution is -2.40. The minimum Gasteiger partial charge on any atom is -0.495 e. The van der Waals surface area contributed by atoms with Gasteiger partial charge < -0.3 is 14.8 Å². The Bertz CT molecular complexity index is 666. The third-order valence-electron chi connectivity index (χ3n) is 3.54. The van der Waals surface area contributed by atoms with Gasteiger partial charge in [-0.1, -0.05) is 13.8 Å². The van der Waals surface area contributed by atoms with Crippen molar-refractivity contribution >= 4 is 21.6 Å². The van der Waals surface area contributed by atoms with E-state index < -0.39 is 10.0 Å². The summed E-state index contributed by atoms with van der Waals surface area (Å²) in [6, 6.07) is 4.60. The van der Waals surface area contributed by atoms with E-state index in [1.807, 2.05) is 0 Å². The van der Waals surface area contributed by atoms with Gasteiger partial charge in [-0.05, 0) is 18.2 Å². The Morgan fingerprint density at radius 1 is 1.30 bits per heavy atom. The third kappa shape index (κ3) is 4.01. The van der Waals surface area contributed by atoms with Crippen molar-refractivity contribution < 1.29 is 22.7 Å². The monoisotopic (exact) mass is 342 g/mol. The second-order valence-corrected chi connectivity index (χ2v) is 7.43. The summed E-state index contributed by atoms with van der Waals surface area (Å²) in [5.41, 5.74) is 0.427. The van der Waals surface area contributed by atoms with E-state index in [0.29, 0.717) is 32.0 Å². The molecule has 1 heterocycles. The van der Waals surface area contributed by atoms with Crippen molar-refractivity contribution in [2.75, 3.05) is 38.7 Å². The van der Waals surface area contributed by atoms with Gasteiger partial charge in [0.15, 0.2) is 0 Å². The number of anilines is 1. The van der Waals surface area contributed by atoms with Crippen molar-refractivity contribution in [3.63, 3.8) is 0 Å². The number of nitrogens with zero attached hydrogens (tertiary/aromatic N) is 1. The van der Waals surface area contributed by atoms with Gasteiger partial charge in [-0.2, -0.15) is 4.31 Å². The normalized spacial score (nSPS) is 16.3. The first-order valence-corrected chi connectivity index (χ1v) is 8.87. The maximum Gasteiger partial charge on any atom is 0.246 e. The Balaban J connectivity index is 2.36. The number of morpholine rings is 1. The molecule has 1 aromatic carbocycles. The van der Waals surface area contributed by atoms with E-state index >= 15 is 0 Å². The van der Waals surface area contributed by atoms with E-state index in [-0.39, 0.29) is 22.5 Å². The fraction of sp³-hybridized carbons (Fsp3) is 0.533. The van der Waals surface area contributed by atoms with Crippen LogP contribution in [-0.2, 0) is 19.6 Å². The summed E-state index contributed by atoms with van der Waals surface area (Å²) < 4.78 is 37.4. The average Bonchev–Trinajstić information content (AvgIpc) is 2.55. The number of carbonyl (C=O) groups excluding carboxylic acids is 1. The van der Waals surface area contributed by atoms with E-state index in [4.69, 9.17) is 9.47 Å². The van der Waals surface area contributed by atoms with Crippen molar-refractivity contribution in [3.05, 3.63) is 18.2 Å². The van der Waals surface area contributed by atoms with Gasteiger partial charge in [-0.15, -0.1) is 0 Å². The van der Waals surface area contributed by atoms with Gasteiger partial charge in [0.25, 0.3) is 0 Å². The molecule has 1 saturated heterocycles. The quantitative estimate of drug-likeness (QED) is 0.872. The van der Waals surface area contributed by atoms with Gasteiger partial charge in [0, 0.05) is 24.7 Å². The maximum absolute atomic E-state index is 12.8. The number of sulfonamides is 1. The molecule has 128 valence electrons. The zero-order valence-electron chi connectivity index (χ0n) is 13.5. The molecule has 0 aliphatic carbocycles. The van der Waals surface area contributed by atoms with Crippen LogP contribution in [-0.4, -0.2) is 52.0 Å². The zero-order chi connectivity index (χ0) is 17.0. The largest absolute Gasteiger partial charge is 0.495 e. The lowest BCUT2D eigenvalue weighted by Gasteiger charge is -2.26. The summed E-state index contributed by atoms with van der Waals surface area (Å²) >= 11 is 0. The topological polar surface area (TPSA) is 84.9 Å². The maximum atomic E-state index is 12.8. The fourth-order valence-electron chi connectivity index (χ4n) is 2.17. The van der Waals surface area contributed by atoms with E-state index in [1.165, 1.54) is 17.5 Å². The number of amides is 1. The van der Waals surface area contributed by atoms with Crippen LogP contribution in [0.4, 0.5) is 5.69 Å². The molecule has 0 atom stereocenters. The van der Waals surface area contributed by atoms with Crippen LogP contribution in [0.5, 0.6) is 5.75 Å². The number of hydrogen-bond donors (Lipinski definition) is 1. The molecule has 1 aliphatic heterocycles. The number of carbonyl (C=O) groups is 1. The summed E-state index contributed by atoms with van der Waals surface area (Å²) in [5, 5.41) is 2.71. The first-order chi connectivity index (χ1) is 10.9. The smallest absolute Gasteiger partial charge is 0.246 e. The van der Waals surface area contributed by atoms with Crippen molar-refractivity contribution in [2.24, 2.45) is 5.92 Å². The summed E-state index contributed by atoms with van der Waals surface area (Å²) in [4.78, 5) is 11.9. The lowest BCUT2D eigenvalue weighted by molar-refractivity contribution is -0.118. The van der Waals surface area contributed by atoms with E-state index in [2.05, 4.69) is 5.32 Å². The highest BCUT2D eigenvalue weighted by Crippen LogP contribution is 2.30. The minimum atomic E-state index is -3.71. The van der Waals surface area contributed by atoms with Gasteiger partial charge >= 0.3 is 0 Å². The van der Waals surface area contributed by atoms with Crippen molar-refractivity contribution in [1.82, 2.24) is 4.31 Å².